The highest BCUT2D eigenvalue weighted by Crippen LogP contribution is 2.28. The number of aromatic nitrogens is 2. The second-order valence-electron chi connectivity index (χ2n) is 3.31. The lowest BCUT2D eigenvalue weighted by Gasteiger charge is -1.97. The lowest BCUT2D eigenvalue weighted by Crippen LogP contribution is -1.90. The highest BCUT2D eigenvalue weighted by Gasteiger charge is 2.16. The average molecular weight is 257 g/mol. The number of benzene rings is 1. The number of rotatable bonds is 3. The Labute approximate surface area is 103 Å². The molecule has 1 aromatic carbocycles. The summed E-state index contributed by atoms with van der Waals surface area (Å²) < 4.78 is 5.12. The lowest BCUT2D eigenvalue weighted by atomic mass is 10.2. The molecule has 0 saturated carbocycles. The fourth-order valence-corrected chi connectivity index (χ4v) is 1.59. The van der Waals surface area contributed by atoms with Crippen LogP contribution in [0.5, 0.6) is 0 Å². The van der Waals surface area contributed by atoms with E-state index in [0.29, 0.717) is 16.7 Å². The van der Waals surface area contributed by atoms with Crippen LogP contribution < -0.4 is 0 Å². The first-order valence-corrected chi connectivity index (χ1v) is 5.76. The van der Waals surface area contributed by atoms with Crippen LogP contribution in [0.25, 0.3) is 11.5 Å². The van der Waals surface area contributed by atoms with E-state index in [-0.39, 0.29) is 5.38 Å². The normalized spacial score (nSPS) is 12.7. The van der Waals surface area contributed by atoms with E-state index in [2.05, 4.69) is 10.1 Å². The Morgan fingerprint density at radius 1 is 1.38 bits per heavy atom. The minimum atomic E-state index is -0.222. The van der Waals surface area contributed by atoms with Crippen LogP contribution in [0, 0.1) is 0 Å². The molecule has 0 N–H and O–H groups in total. The van der Waals surface area contributed by atoms with Gasteiger partial charge in [-0.3, -0.25) is 0 Å². The average Bonchev–Trinajstić information content (AvgIpc) is 2.78. The highest BCUT2D eigenvalue weighted by atomic mass is 35.5. The van der Waals surface area contributed by atoms with Gasteiger partial charge >= 0.3 is 0 Å². The molecular formula is C11H10Cl2N2O. The molecule has 5 heteroatoms. The van der Waals surface area contributed by atoms with Crippen LogP contribution in [-0.4, -0.2) is 10.1 Å². The number of hydrogen-bond donors (Lipinski definition) is 0. The molecule has 1 unspecified atom stereocenters. The van der Waals surface area contributed by atoms with Gasteiger partial charge in [0.05, 0.1) is 16.0 Å². The molecule has 0 aliphatic carbocycles. The van der Waals surface area contributed by atoms with E-state index in [0.717, 1.165) is 12.0 Å². The lowest BCUT2D eigenvalue weighted by molar-refractivity contribution is 0.421. The summed E-state index contributed by atoms with van der Waals surface area (Å²) in [7, 11) is 0. The van der Waals surface area contributed by atoms with Crippen molar-refractivity contribution in [1.29, 1.82) is 0 Å². The Hall–Kier alpha value is -1.06. The summed E-state index contributed by atoms with van der Waals surface area (Å²) in [6.07, 6.45) is 0.753. The number of nitrogens with zero attached hydrogens (tertiary/aromatic N) is 2. The van der Waals surface area contributed by atoms with Crippen LogP contribution in [0.3, 0.4) is 0 Å². The van der Waals surface area contributed by atoms with Gasteiger partial charge in [0, 0.05) is 0 Å². The molecule has 1 atom stereocenters. The molecule has 16 heavy (non-hydrogen) atoms. The molecule has 0 bridgehead atoms. The van der Waals surface area contributed by atoms with Crippen LogP contribution in [-0.2, 0) is 0 Å². The Morgan fingerprint density at radius 2 is 2.12 bits per heavy atom. The topological polar surface area (TPSA) is 38.9 Å². The van der Waals surface area contributed by atoms with Gasteiger partial charge in [0.25, 0.3) is 5.89 Å². The van der Waals surface area contributed by atoms with Crippen LogP contribution in [0.2, 0.25) is 5.02 Å². The van der Waals surface area contributed by atoms with E-state index in [1.165, 1.54) is 0 Å². The second-order valence-corrected chi connectivity index (χ2v) is 4.25. The molecule has 2 rings (SSSR count). The van der Waals surface area contributed by atoms with E-state index in [1.807, 2.05) is 25.1 Å². The van der Waals surface area contributed by atoms with Crippen LogP contribution in [0.1, 0.15) is 24.5 Å². The molecule has 0 saturated heterocycles. The number of alkyl halides is 1. The molecule has 0 amide bonds. The predicted molar refractivity (Wildman–Crippen MR) is 63.6 cm³/mol. The number of halogens is 2. The van der Waals surface area contributed by atoms with E-state index in [1.54, 1.807) is 6.07 Å². The summed E-state index contributed by atoms with van der Waals surface area (Å²) in [5.74, 6) is 0.902. The van der Waals surface area contributed by atoms with Gasteiger partial charge in [-0.15, -0.1) is 11.6 Å². The first kappa shape index (κ1) is 11.4. The summed E-state index contributed by atoms with van der Waals surface area (Å²) in [6.45, 7) is 1.96. The quantitative estimate of drug-likeness (QED) is 0.777. The van der Waals surface area contributed by atoms with Gasteiger partial charge in [-0.25, -0.2) is 0 Å². The molecular weight excluding hydrogens is 247 g/mol. The van der Waals surface area contributed by atoms with Crippen LogP contribution >= 0.6 is 23.2 Å². The highest BCUT2D eigenvalue weighted by molar-refractivity contribution is 6.33. The Bertz CT molecular complexity index is 484. The van der Waals surface area contributed by atoms with Crippen molar-refractivity contribution in [2.75, 3.05) is 0 Å². The van der Waals surface area contributed by atoms with Gasteiger partial charge in [-0.1, -0.05) is 35.8 Å². The smallest absolute Gasteiger partial charge is 0.259 e. The summed E-state index contributed by atoms with van der Waals surface area (Å²) >= 11 is 12.0. The maximum atomic E-state index is 6.02. The van der Waals surface area contributed by atoms with Gasteiger partial charge in [-0.2, -0.15) is 4.98 Å². The van der Waals surface area contributed by atoms with E-state index in [4.69, 9.17) is 27.7 Å². The molecule has 84 valence electrons. The van der Waals surface area contributed by atoms with Gasteiger partial charge in [-0.05, 0) is 18.6 Å². The van der Waals surface area contributed by atoms with E-state index in [9.17, 15) is 0 Å². The Kier molecular flexibility index (Phi) is 3.46. The molecule has 0 fully saturated rings. The van der Waals surface area contributed by atoms with Crippen molar-refractivity contribution in [3.8, 4) is 11.5 Å². The standard InChI is InChI=1S/C11H10Cl2N2O/c1-2-8(12)10-14-11(16-15-10)7-5-3-4-6-9(7)13/h3-6,8H,2H2,1H3. The third-order valence-corrected chi connectivity index (χ3v) is 3.02. The van der Waals surface area contributed by atoms with Crippen LogP contribution in [0.15, 0.2) is 28.8 Å². The molecule has 0 spiro atoms. The monoisotopic (exact) mass is 256 g/mol. The first-order chi connectivity index (χ1) is 7.72. The Balaban J connectivity index is 2.35. The summed E-state index contributed by atoms with van der Waals surface area (Å²) in [4.78, 5) is 4.22. The first-order valence-electron chi connectivity index (χ1n) is 4.95. The van der Waals surface area contributed by atoms with Gasteiger partial charge < -0.3 is 4.52 Å². The maximum absolute atomic E-state index is 6.02. The van der Waals surface area contributed by atoms with Gasteiger partial charge in [0.1, 0.15) is 0 Å². The fraction of sp³-hybridized carbons (Fsp3) is 0.273. The Morgan fingerprint density at radius 3 is 2.81 bits per heavy atom. The summed E-state index contributed by atoms with van der Waals surface area (Å²) in [5, 5.41) is 4.19. The van der Waals surface area contributed by atoms with Crippen molar-refractivity contribution in [3.63, 3.8) is 0 Å². The largest absolute Gasteiger partial charge is 0.334 e. The zero-order valence-electron chi connectivity index (χ0n) is 8.65. The van der Waals surface area contributed by atoms with Crippen molar-refractivity contribution in [2.24, 2.45) is 0 Å². The molecule has 2 aromatic rings. The van der Waals surface area contributed by atoms with E-state index >= 15 is 0 Å². The second kappa shape index (κ2) is 4.85. The predicted octanol–water partition coefficient (Wildman–Crippen LogP) is 4.08. The van der Waals surface area contributed by atoms with Crippen molar-refractivity contribution in [1.82, 2.24) is 10.1 Å². The van der Waals surface area contributed by atoms with Gasteiger partial charge in [0.2, 0.25) is 0 Å². The molecule has 1 heterocycles. The maximum Gasteiger partial charge on any atom is 0.259 e. The van der Waals surface area contributed by atoms with Crippen molar-refractivity contribution in [2.45, 2.75) is 18.7 Å². The summed E-state index contributed by atoms with van der Waals surface area (Å²) in [5.41, 5.74) is 0.725. The molecule has 0 aliphatic rings. The number of hydrogen-bond acceptors (Lipinski definition) is 3. The third kappa shape index (κ3) is 2.20. The van der Waals surface area contributed by atoms with Crippen LogP contribution in [0.4, 0.5) is 0 Å². The zero-order valence-corrected chi connectivity index (χ0v) is 10.2. The SMILES string of the molecule is CCC(Cl)c1noc(-c2ccccc2Cl)n1. The van der Waals surface area contributed by atoms with Gasteiger partial charge in [0.15, 0.2) is 5.82 Å². The molecule has 0 radical (unpaired) electrons. The minimum Gasteiger partial charge on any atom is -0.334 e. The molecule has 3 nitrogen and oxygen atoms in total. The van der Waals surface area contributed by atoms with Crippen molar-refractivity contribution in [3.05, 3.63) is 35.1 Å². The third-order valence-electron chi connectivity index (χ3n) is 2.18. The minimum absolute atomic E-state index is 0.222. The molecule has 0 aliphatic heterocycles. The van der Waals surface area contributed by atoms with Crippen molar-refractivity contribution >= 4 is 23.2 Å². The fourth-order valence-electron chi connectivity index (χ4n) is 1.29. The molecule has 1 aromatic heterocycles. The van der Waals surface area contributed by atoms with E-state index < -0.39 is 0 Å². The van der Waals surface area contributed by atoms with Crippen molar-refractivity contribution < 1.29 is 4.52 Å². The summed E-state index contributed by atoms with van der Waals surface area (Å²) in [6, 6.07) is 7.32. The zero-order chi connectivity index (χ0) is 11.5.